The van der Waals surface area contributed by atoms with Gasteiger partial charge >= 0.3 is 0 Å². The molecule has 0 aliphatic carbocycles. The molecular weight excluding hydrogens is 337 g/mol. The largest absolute Gasteiger partial charge is 0.304 e. The summed E-state index contributed by atoms with van der Waals surface area (Å²) in [7, 11) is 0. The molecule has 3 aromatic rings. The Morgan fingerprint density at radius 1 is 1.00 bits per heavy atom. The van der Waals surface area contributed by atoms with Gasteiger partial charge in [-0.3, -0.25) is 4.79 Å². The minimum Gasteiger partial charge on any atom is -0.304 e. The number of aromatic nitrogens is 1. The van der Waals surface area contributed by atoms with Gasteiger partial charge in [0.1, 0.15) is 0 Å². The number of carbonyl (C=O) groups is 1. The first-order valence-electron chi connectivity index (χ1n) is 5.62. The fraction of sp³-hybridized carbons (Fsp3) is 0. The van der Waals surface area contributed by atoms with Crippen molar-refractivity contribution in [1.29, 1.82) is 0 Å². The summed E-state index contributed by atoms with van der Waals surface area (Å²) in [5.74, 6) is 0. The van der Waals surface area contributed by atoms with Gasteiger partial charge in [-0.25, -0.2) is 0 Å². The van der Waals surface area contributed by atoms with Crippen molar-refractivity contribution < 1.29 is 4.79 Å². The van der Waals surface area contributed by atoms with E-state index < -0.39 is 0 Å². The van der Waals surface area contributed by atoms with Gasteiger partial charge in [0.15, 0.2) is 6.29 Å². The Morgan fingerprint density at radius 3 is 2.56 bits per heavy atom. The Labute approximate surface area is 118 Å². The van der Waals surface area contributed by atoms with Gasteiger partial charge in [0.2, 0.25) is 0 Å². The van der Waals surface area contributed by atoms with Crippen LogP contribution in [0.15, 0.2) is 54.6 Å². The van der Waals surface area contributed by atoms with E-state index in [4.69, 9.17) is 0 Å². The minimum atomic E-state index is 0.705. The summed E-state index contributed by atoms with van der Waals surface area (Å²) in [6, 6.07) is 17.9. The van der Waals surface area contributed by atoms with Crippen molar-refractivity contribution in [1.82, 2.24) is 4.57 Å². The second-order valence-corrected chi connectivity index (χ2v) is 5.14. The highest BCUT2D eigenvalue weighted by atomic mass is 127. The first-order chi connectivity index (χ1) is 8.81. The number of benzene rings is 2. The van der Waals surface area contributed by atoms with Crippen molar-refractivity contribution in [3.8, 4) is 5.69 Å². The number of hydrogen-bond donors (Lipinski definition) is 0. The summed E-state index contributed by atoms with van der Waals surface area (Å²) in [5, 5.41) is 1.18. The Balaban J connectivity index is 2.38. The molecule has 0 spiro atoms. The van der Waals surface area contributed by atoms with Crippen molar-refractivity contribution >= 4 is 39.8 Å². The van der Waals surface area contributed by atoms with Gasteiger partial charge in [-0.15, -0.1) is 0 Å². The molecule has 0 aliphatic heterocycles. The number of nitrogens with zero attached hydrogens (tertiary/aromatic N) is 1. The number of halogens is 1. The SMILES string of the molecule is O=Cc1ccccc1-n1c(I)cc2ccccc21. The van der Waals surface area contributed by atoms with Gasteiger partial charge in [0.25, 0.3) is 0 Å². The summed E-state index contributed by atoms with van der Waals surface area (Å²) in [4.78, 5) is 11.2. The van der Waals surface area contributed by atoms with E-state index in [2.05, 4.69) is 45.4 Å². The number of aldehydes is 1. The van der Waals surface area contributed by atoms with Crippen molar-refractivity contribution in [2.45, 2.75) is 0 Å². The van der Waals surface area contributed by atoms with Crippen LogP contribution in [0.1, 0.15) is 10.4 Å². The quantitative estimate of drug-likeness (QED) is 0.506. The molecule has 1 heterocycles. The van der Waals surface area contributed by atoms with E-state index in [1.54, 1.807) is 0 Å². The van der Waals surface area contributed by atoms with Crippen LogP contribution >= 0.6 is 22.6 Å². The maximum absolute atomic E-state index is 11.2. The van der Waals surface area contributed by atoms with E-state index in [1.807, 2.05) is 36.4 Å². The molecule has 0 bridgehead atoms. The zero-order valence-corrected chi connectivity index (χ0v) is 11.7. The molecule has 0 amide bonds. The highest BCUT2D eigenvalue weighted by Crippen LogP contribution is 2.26. The van der Waals surface area contributed by atoms with Crippen LogP contribution in [-0.2, 0) is 0 Å². The van der Waals surface area contributed by atoms with E-state index in [0.29, 0.717) is 5.56 Å². The standard InChI is InChI=1S/C15H10INO/c16-15-9-11-5-1-3-7-13(11)17(15)14-8-4-2-6-12(14)10-18/h1-10H. The minimum absolute atomic E-state index is 0.705. The summed E-state index contributed by atoms with van der Waals surface area (Å²) < 4.78 is 3.21. The molecule has 0 saturated carbocycles. The number of fused-ring (bicyclic) bond motifs is 1. The molecule has 0 fully saturated rings. The summed E-state index contributed by atoms with van der Waals surface area (Å²) >= 11 is 2.30. The molecule has 0 saturated heterocycles. The normalized spacial score (nSPS) is 10.7. The third kappa shape index (κ3) is 1.75. The van der Waals surface area contributed by atoms with Crippen molar-refractivity contribution in [2.24, 2.45) is 0 Å². The summed E-state index contributed by atoms with van der Waals surface area (Å²) in [6.07, 6.45) is 0.903. The van der Waals surface area contributed by atoms with Gasteiger partial charge < -0.3 is 4.57 Å². The number of rotatable bonds is 2. The Bertz CT molecular complexity index is 730. The van der Waals surface area contributed by atoms with Gasteiger partial charge in [-0.05, 0) is 46.9 Å². The molecule has 18 heavy (non-hydrogen) atoms. The zero-order valence-electron chi connectivity index (χ0n) is 9.51. The van der Waals surface area contributed by atoms with Crippen LogP contribution in [0.4, 0.5) is 0 Å². The monoisotopic (exact) mass is 347 g/mol. The second-order valence-electron chi connectivity index (χ2n) is 4.04. The Kier molecular flexibility index (Phi) is 2.91. The van der Waals surface area contributed by atoms with Crippen molar-refractivity contribution in [3.63, 3.8) is 0 Å². The summed E-state index contributed by atoms with van der Waals surface area (Å²) in [6.45, 7) is 0. The molecular formula is C15H10INO. The van der Waals surface area contributed by atoms with E-state index in [-0.39, 0.29) is 0 Å². The highest BCUT2D eigenvalue weighted by molar-refractivity contribution is 14.1. The third-order valence-electron chi connectivity index (χ3n) is 2.97. The van der Waals surface area contributed by atoms with Crippen LogP contribution in [0, 0.1) is 3.70 Å². The second kappa shape index (κ2) is 4.57. The van der Waals surface area contributed by atoms with E-state index >= 15 is 0 Å². The molecule has 2 nitrogen and oxygen atoms in total. The molecule has 1 aromatic heterocycles. The average molecular weight is 347 g/mol. The number of carbonyl (C=O) groups excluding carboxylic acids is 1. The van der Waals surface area contributed by atoms with Gasteiger partial charge in [-0.1, -0.05) is 30.3 Å². The fourth-order valence-corrected chi connectivity index (χ4v) is 3.01. The first kappa shape index (κ1) is 11.5. The highest BCUT2D eigenvalue weighted by Gasteiger charge is 2.10. The van der Waals surface area contributed by atoms with Crippen LogP contribution < -0.4 is 0 Å². The lowest BCUT2D eigenvalue weighted by Crippen LogP contribution is -2.00. The van der Waals surface area contributed by atoms with Crippen molar-refractivity contribution in [3.05, 3.63) is 63.9 Å². The van der Waals surface area contributed by atoms with E-state index in [1.165, 1.54) is 5.39 Å². The maximum atomic E-state index is 11.2. The number of para-hydroxylation sites is 2. The van der Waals surface area contributed by atoms with Gasteiger partial charge in [-0.2, -0.15) is 0 Å². The molecule has 88 valence electrons. The lowest BCUT2D eigenvalue weighted by atomic mass is 10.2. The molecule has 3 rings (SSSR count). The van der Waals surface area contributed by atoms with E-state index in [0.717, 1.165) is 21.2 Å². The molecule has 0 unspecified atom stereocenters. The zero-order chi connectivity index (χ0) is 12.5. The van der Waals surface area contributed by atoms with Crippen LogP contribution in [0.2, 0.25) is 0 Å². The third-order valence-corrected chi connectivity index (χ3v) is 3.76. The predicted molar refractivity (Wildman–Crippen MR) is 81.4 cm³/mol. The summed E-state index contributed by atoms with van der Waals surface area (Å²) in [5.41, 5.74) is 2.76. The number of hydrogen-bond acceptors (Lipinski definition) is 1. The Hall–Kier alpha value is -1.62. The fourth-order valence-electron chi connectivity index (χ4n) is 2.16. The predicted octanol–water partition coefficient (Wildman–Crippen LogP) is 4.05. The molecule has 0 N–H and O–H groups in total. The van der Waals surface area contributed by atoms with Crippen LogP contribution in [0.3, 0.4) is 0 Å². The molecule has 0 atom stereocenters. The molecule has 3 heteroatoms. The smallest absolute Gasteiger partial charge is 0.152 e. The van der Waals surface area contributed by atoms with Crippen LogP contribution in [-0.4, -0.2) is 10.9 Å². The lowest BCUT2D eigenvalue weighted by Gasteiger charge is -2.09. The molecule has 2 aromatic carbocycles. The average Bonchev–Trinajstić information content (AvgIpc) is 2.74. The van der Waals surface area contributed by atoms with Gasteiger partial charge in [0.05, 0.1) is 14.9 Å². The molecule has 0 radical (unpaired) electrons. The maximum Gasteiger partial charge on any atom is 0.152 e. The Morgan fingerprint density at radius 2 is 1.72 bits per heavy atom. The van der Waals surface area contributed by atoms with Crippen LogP contribution in [0.5, 0.6) is 0 Å². The lowest BCUT2D eigenvalue weighted by molar-refractivity contribution is 0.112. The first-order valence-corrected chi connectivity index (χ1v) is 6.69. The van der Waals surface area contributed by atoms with Crippen LogP contribution in [0.25, 0.3) is 16.6 Å². The van der Waals surface area contributed by atoms with E-state index in [9.17, 15) is 4.79 Å². The topological polar surface area (TPSA) is 22.0 Å². The molecule has 0 aliphatic rings. The van der Waals surface area contributed by atoms with Gasteiger partial charge in [0, 0.05) is 10.9 Å². The van der Waals surface area contributed by atoms with Crippen molar-refractivity contribution in [2.75, 3.05) is 0 Å².